The molecule has 0 aliphatic carbocycles. The summed E-state index contributed by atoms with van der Waals surface area (Å²) < 4.78 is 4.80. The molecule has 2 N–H and O–H groups in total. The molecule has 0 aliphatic heterocycles. The third-order valence-corrected chi connectivity index (χ3v) is 1.43. The molecule has 0 unspecified atom stereocenters. The van der Waals surface area contributed by atoms with Crippen molar-refractivity contribution in [3.05, 3.63) is 29.3 Å². The van der Waals surface area contributed by atoms with Crippen LogP contribution in [0.25, 0.3) is 0 Å². The molecule has 0 radical (unpaired) electrons. The predicted octanol–water partition coefficient (Wildman–Crippen LogP) is 1.63. The average molecular weight is 222 g/mol. The Hall–Kier alpha value is -0.770. The van der Waals surface area contributed by atoms with Gasteiger partial charge in [-0.3, -0.25) is 4.79 Å². The van der Waals surface area contributed by atoms with Gasteiger partial charge >= 0.3 is 5.97 Å². The van der Waals surface area contributed by atoms with Gasteiger partial charge in [0.25, 0.3) is 0 Å². The number of ether oxygens (including phenoxy) is 1. The molecule has 0 fully saturated rings. The first-order valence-electron chi connectivity index (χ1n) is 3.38. The molecule has 0 atom stereocenters. The van der Waals surface area contributed by atoms with Crippen LogP contribution in [0.3, 0.4) is 0 Å². The van der Waals surface area contributed by atoms with E-state index in [2.05, 4.69) is 0 Å². The van der Waals surface area contributed by atoms with Crippen LogP contribution in [0.4, 0.5) is 0 Å². The second-order valence-corrected chi connectivity index (χ2v) is 2.57. The third kappa shape index (κ3) is 4.12. The van der Waals surface area contributed by atoms with E-state index in [-0.39, 0.29) is 19.0 Å². The topological polar surface area (TPSA) is 52.3 Å². The van der Waals surface area contributed by atoms with E-state index in [9.17, 15) is 4.79 Å². The third-order valence-electron chi connectivity index (χ3n) is 1.19. The van der Waals surface area contributed by atoms with Crippen molar-refractivity contribution in [3.63, 3.8) is 0 Å². The number of hydrogen-bond acceptors (Lipinski definition) is 3. The summed E-state index contributed by atoms with van der Waals surface area (Å²) in [6.07, 6.45) is 0. The van der Waals surface area contributed by atoms with E-state index in [1.807, 2.05) is 0 Å². The van der Waals surface area contributed by atoms with Crippen LogP contribution >= 0.6 is 24.0 Å². The Labute approximate surface area is 87.2 Å². The molecule has 3 nitrogen and oxygen atoms in total. The number of rotatable bonds is 2. The van der Waals surface area contributed by atoms with E-state index in [1.54, 1.807) is 24.3 Å². The van der Waals surface area contributed by atoms with Crippen LogP contribution in [-0.2, 0) is 4.79 Å². The fourth-order valence-electron chi connectivity index (χ4n) is 0.704. The monoisotopic (exact) mass is 221 g/mol. The van der Waals surface area contributed by atoms with Crippen LogP contribution in [0.1, 0.15) is 0 Å². The molecule has 13 heavy (non-hydrogen) atoms. The summed E-state index contributed by atoms with van der Waals surface area (Å²) in [4.78, 5) is 10.7. The molecule has 0 saturated carbocycles. The molecule has 0 aliphatic rings. The number of carbonyl (C=O) groups is 1. The predicted molar refractivity (Wildman–Crippen MR) is 53.4 cm³/mol. The van der Waals surface area contributed by atoms with Crippen molar-refractivity contribution >= 4 is 30.0 Å². The Bertz CT molecular complexity index is 291. The molecule has 0 saturated heterocycles. The Morgan fingerprint density at radius 1 is 1.54 bits per heavy atom. The van der Waals surface area contributed by atoms with E-state index < -0.39 is 5.97 Å². The second kappa shape index (κ2) is 5.80. The van der Waals surface area contributed by atoms with E-state index in [4.69, 9.17) is 22.1 Å². The summed E-state index contributed by atoms with van der Waals surface area (Å²) in [6.45, 7) is -0.132. The molecule has 1 aromatic rings. The maximum absolute atomic E-state index is 10.7. The van der Waals surface area contributed by atoms with Gasteiger partial charge in [-0.1, -0.05) is 17.7 Å². The minimum Gasteiger partial charge on any atom is -0.426 e. The maximum atomic E-state index is 10.7. The Kier molecular flexibility index (Phi) is 5.46. The summed E-state index contributed by atoms with van der Waals surface area (Å²) in [5.41, 5.74) is 5.05. The van der Waals surface area contributed by atoms with Crippen molar-refractivity contribution in [1.82, 2.24) is 0 Å². The fraction of sp³-hybridized carbons (Fsp3) is 0.125. The van der Waals surface area contributed by atoms with Gasteiger partial charge in [-0.25, -0.2) is 0 Å². The average Bonchev–Trinajstić information content (AvgIpc) is 2.04. The van der Waals surface area contributed by atoms with Crippen molar-refractivity contribution in [2.24, 2.45) is 5.73 Å². The summed E-state index contributed by atoms with van der Waals surface area (Å²) in [5, 5.41) is 0.525. The van der Waals surface area contributed by atoms with Gasteiger partial charge in [0, 0.05) is 5.02 Å². The van der Waals surface area contributed by atoms with Gasteiger partial charge < -0.3 is 10.5 Å². The number of halogens is 2. The highest BCUT2D eigenvalue weighted by atomic mass is 35.5. The van der Waals surface area contributed by atoms with Crippen LogP contribution in [0.15, 0.2) is 24.3 Å². The zero-order chi connectivity index (χ0) is 8.97. The maximum Gasteiger partial charge on any atom is 0.325 e. The smallest absolute Gasteiger partial charge is 0.325 e. The van der Waals surface area contributed by atoms with Crippen molar-refractivity contribution in [2.75, 3.05) is 6.54 Å². The van der Waals surface area contributed by atoms with Crippen molar-refractivity contribution in [2.45, 2.75) is 0 Å². The van der Waals surface area contributed by atoms with E-state index in [0.29, 0.717) is 10.8 Å². The van der Waals surface area contributed by atoms with Gasteiger partial charge in [-0.15, -0.1) is 12.4 Å². The van der Waals surface area contributed by atoms with Crippen LogP contribution in [0.5, 0.6) is 5.75 Å². The molecule has 0 aromatic heterocycles. The van der Waals surface area contributed by atoms with E-state index in [0.717, 1.165) is 0 Å². The molecule has 1 rings (SSSR count). The van der Waals surface area contributed by atoms with Gasteiger partial charge in [0.1, 0.15) is 5.75 Å². The number of nitrogens with two attached hydrogens (primary N) is 1. The summed E-state index contributed by atoms with van der Waals surface area (Å²) in [5.74, 6) is -0.0600. The number of hydrogen-bond donors (Lipinski definition) is 1. The van der Waals surface area contributed by atoms with Crippen molar-refractivity contribution in [3.8, 4) is 5.75 Å². The van der Waals surface area contributed by atoms with Gasteiger partial charge in [0.05, 0.1) is 6.54 Å². The largest absolute Gasteiger partial charge is 0.426 e. The van der Waals surface area contributed by atoms with E-state index in [1.165, 1.54) is 0 Å². The van der Waals surface area contributed by atoms with E-state index >= 15 is 0 Å². The lowest BCUT2D eigenvalue weighted by Gasteiger charge is -2.01. The van der Waals surface area contributed by atoms with Gasteiger partial charge in [0.2, 0.25) is 0 Å². The molecule has 0 amide bonds. The Morgan fingerprint density at radius 3 is 2.77 bits per heavy atom. The van der Waals surface area contributed by atoms with Gasteiger partial charge in [-0.2, -0.15) is 0 Å². The lowest BCUT2D eigenvalue weighted by atomic mass is 10.3. The minimum atomic E-state index is -0.475. The van der Waals surface area contributed by atoms with Gasteiger partial charge in [0.15, 0.2) is 0 Å². The SMILES string of the molecule is Cl.NCC(=O)Oc1cccc(Cl)c1. The molecule has 72 valence electrons. The highest BCUT2D eigenvalue weighted by molar-refractivity contribution is 6.30. The zero-order valence-corrected chi connectivity index (χ0v) is 8.27. The Balaban J connectivity index is 0.00000144. The van der Waals surface area contributed by atoms with Crippen LogP contribution in [0, 0.1) is 0 Å². The number of esters is 1. The zero-order valence-electron chi connectivity index (χ0n) is 6.70. The first-order valence-corrected chi connectivity index (χ1v) is 3.76. The first kappa shape index (κ1) is 12.2. The van der Waals surface area contributed by atoms with Crippen molar-refractivity contribution < 1.29 is 9.53 Å². The molecular weight excluding hydrogens is 213 g/mol. The van der Waals surface area contributed by atoms with Crippen LogP contribution < -0.4 is 10.5 Å². The molecule has 0 bridgehead atoms. The van der Waals surface area contributed by atoms with Gasteiger partial charge in [-0.05, 0) is 18.2 Å². The normalized spacial score (nSPS) is 8.77. The highest BCUT2D eigenvalue weighted by Crippen LogP contribution is 2.16. The number of carbonyl (C=O) groups excluding carboxylic acids is 1. The second-order valence-electron chi connectivity index (χ2n) is 2.14. The Morgan fingerprint density at radius 2 is 2.23 bits per heavy atom. The van der Waals surface area contributed by atoms with Crippen molar-refractivity contribution in [1.29, 1.82) is 0 Å². The standard InChI is InChI=1S/C8H8ClNO2.ClH/c9-6-2-1-3-7(4-6)12-8(11)5-10;/h1-4H,5,10H2;1H. The summed E-state index contributed by atoms with van der Waals surface area (Å²) in [7, 11) is 0. The number of benzene rings is 1. The summed E-state index contributed by atoms with van der Waals surface area (Å²) >= 11 is 5.65. The highest BCUT2D eigenvalue weighted by Gasteiger charge is 2.00. The molecule has 0 heterocycles. The van der Waals surface area contributed by atoms with Crippen LogP contribution in [-0.4, -0.2) is 12.5 Å². The lowest BCUT2D eigenvalue weighted by molar-refractivity contribution is -0.132. The minimum absolute atomic E-state index is 0. The molecule has 5 heteroatoms. The molecule has 0 spiro atoms. The van der Waals surface area contributed by atoms with Crippen LogP contribution in [0.2, 0.25) is 5.02 Å². The summed E-state index contributed by atoms with van der Waals surface area (Å²) in [6, 6.07) is 6.58. The molecule has 1 aromatic carbocycles. The lowest BCUT2D eigenvalue weighted by Crippen LogP contribution is -2.19. The first-order chi connectivity index (χ1) is 5.72. The molecular formula is C8H9Cl2NO2. The fourth-order valence-corrected chi connectivity index (χ4v) is 0.884. The quantitative estimate of drug-likeness (QED) is 0.611.